The highest BCUT2D eigenvalue weighted by atomic mass is 19.4. The number of rotatable bonds is 5. The SMILES string of the molecule is CNC(=O)c1cc(Oc2ccc3nnc(NC(=O)c4cccc(C(F)(F)F)c4)nc3c2)ccn1. The minimum atomic E-state index is -4.58. The summed E-state index contributed by atoms with van der Waals surface area (Å²) in [6, 6.07) is 11.7. The van der Waals surface area contributed by atoms with E-state index in [0.717, 1.165) is 18.2 Å². The van der Waals surface area contributed by atoms with Crippen LogP contribution in [0.1, 0.15) is 26.4 Å². The molecular formula is C22H15F3N6O3. The van der Waals surface area contributed by atoms with Crippen LogP contribution >= 0.6 is 0 Å². The summed E-state index contributed by atoms with van der Waals surface area (Å²) in [7, 11) is 1.48. The van der Waals surface area contributed by atoms with Crippen LogP contribution in [0.15, 0.2) is 60.8 Å². The summed E-state index contributed by atoms with van der Waals surface area (Å²) in [6.45, 7) is 0. The second-order valence-electron chi connectivity index (χ2n) is 6.88. The Kier molecular flexibility index (Phi) is 6.04. The number of halogens is 3. The minimum Gasteiger partial charge on any atom is -0.457 e. The summed E-state index contributed by atoms with van der Waals surface area (Å²) in [5.41, 5.74) is -0.280. The molecule has 9 nitrogen and oxygen atoms in total. The molecule has 0 saturated heterocycles. The van der Waals surface area contributed by atoms with Crippen molar-refractivity contribution in [2.24, 2.45) is 0 Å². The highest BCUT2D eigenvalue weighted by Gasteiger charge is 2.31. The van der Waals surface area contributed by atoms with Crippen LogP contribution in [0.2, 0.25) is 0 Å². The zero-order chi connectivity index (χ0) is 24.3. The van der Waals surface area contributed by atoms with E-state index < -0.39 is 17.6 Å². The van der Waals surface area contributed by atoms with Crippen molar-refractivity contribution in [1.29, 1.82) is 0 Å². The maximum atomic E-state index is 12.9. The zero-order valence-corrected chi connectivity index (χ0v) is 17.4. The topological polar surface area (TPSA) is 119 Å². The van der Waals surface area contributed by atoms with E-state index in [1.54, 1.807) is 18.2 Å². The van der Waals surface area contributed by atoms with E-state index in [2.05, 4.69) is 30.8 Å². The lowest BCUT2D eigenvalue weighted by Gasteiger charge is -2.09. The second-order valence-corrected chi connectivity index (χ2v) is 6.88. The van der Waals surface area contributed by atoms with Gasteiger partial charge in [-0.25, -0.2) is 4.98 Å². The summed E-state index contributed by atoms with van der Waals surface area (Å²) >= 11 is 0. The highest BCUT2D eigenvalue weighted by Crippen LogP contribution is 2.30. The molecule has 0 unspecified atom stereocenters. The van der Waals surface area contributed by atoms with Crippen LogP contribution in [0.4, 0.5) is 19.1 Å². The van der Waals surface area contributed by atoms with E-state index in [0.29, 0.717) is 22.5 Å². The van der Waals surface area contributed by atoms with Crippen molar-refractivity contribution in [2.75, 3.05) is 12.4 Å². The summed E-state index contributed by atoms with van der Waals surface area (Å²) in [5, 5.41) is 12.6. The number of alkyl halides is 3. The molecule has 0 spiro atoms. The van der Waals surface area contributed by atoms with Crippen LogP contribution < -0.4 is 15.4 Å². The van der Waals surface area contributed by atoms with E-state index in [-0.39, 0.29) is 23.1 Å². The molecule has 4 aromatic rings. The Hall–Kier alpha value is -4.61. The van der Waals surface area contributed by atoms with Gasteiger partial charge in [0.05, 0.1) is 11.1 Å². The first-order chi connectivity index (χ1) is 16.2. The van der Waals surface area contributed by atoms with E-state index in [4.69, 9.17) is 4.74 Å². The fraction of sp³-hybridized carbons (Fsp3) is 0.0909. The number of amides is 2. The molecule has 0 aliphatic carbocycles. The van der Waals surface area contributed by atoms with E-state index in [1.807, 2.05) is 0 Å². The molecule has 0 bridgehead atoms. The molecule has 0 fully saturated rings. The third-order valence-electron chi connectivity index (χ3n) is 4.53. The monoisotopic (exact) mass is 468 g/mol. The molecule has 0 aliphatic rings. The number of hydrogen-bond acceptors (Lipinski definition) is 7. The maximum Gasteiger partial charge on any atom is 0.416 e. The van der Waals surface area contributed by atoms with Gasteiger partial charge in [0.1, 0.15) is 22.7 Å². The molecule has 4 rings (SSSR count). The number of aromatic nitrogens is 4. The van der Waals surface area contributed by atoms with Crippen LogP contribution in [0.3, 0.4) is 0 Å². The molecule has 0 radical (unpaired) electrons. The molecule has 2 amide bonds. The zero-order valence-electron chi connectivity index (χ0n) is 17.4. The highest BCUT2D eigenvalue weighted by molar-refractivity contribution is 6.03. The van der Waals surface area contributed by atoms with Crippen LogP contribution in [0.5, 0.6) is 11.5 Å². The van der Waals surface area contributed by atoms with Gasteiger partial charge in [0.2, 0.25) is 5.95 Å². The molecular weight excluding hydrogens is 453 g/mol. The molecule has 172 valence electrons. The molecule has 2 aromatic heterocycles. The maximum absolute atomic E-state index is 12.9. The van der Waals surface area contributed by atoms with Gasteiger partial charge in [-0.1, -0.05) is 6.07 Å². The Bertz CT molecular complexity index is 1390. The van der Waals surface area contributed by atoms with Crippen molar-refractivity contribution < 1.29 is 27.5 Å². The Balaban J connectivity index is 1.55. The van der Waals surface area contributed by atoms with E-state index in [1.165, 1.54) is 31.4 Å². The summed E-state index contributed by atoms with van der Waals surface area (Å²) < 4.78 is 44.5. The van der Waals surface area contributed by atoms with Crippen molar-refractivity contribution in [3.8, 4) is 11.5 Å². The Morgan fingerprint density at radius 3 is 2.47 bits per heavy atom. The molecule has 2 N–H and O–H groups in total. The predicted octanol–water partition coefficient (Wildman–Crippen LogP) is 3.84. The third kappa shape index (κ3) is 5.06. The average Bonchev–Trinajstić information content (AvgIpc) is 2.83. The van der Waals surface area contributed by atoms with Crippen LogP contribution in [-0.2, 0) is 6.18 Å². The number of nitrogens with zero attached hydrogens (tertiary/aromatic N) is 4. The van der Waals surface area contributed by atoms with Gasteiger partial charge in [0.25, 0.3) is 11.8 Å². The quantitative estimate of drug-likeness (QED) is 0.457. The Labute approximate surface area is 190 Å². The van der Waals surface area contributed by atoms with Crippen molar-refractivity contribution >= 4 is 28.8 Å². The minimum absolute atomic E-state index is 0.171. The van der Waals surface area contributed by atoms with Gasteiger partial charge in [-0.15, -0.1) is 10.2 Å². The van der Waals surface area contributed by atoms with Gasteiger partial charge in [-0.2, -0.15) is 13.2 Å². The van der Waals surface area contributed by atoms with Crippen molar-refractivity contribution in [3.05, 3.63) is 77.6 Å². The number of nitrogens with one attached hydrogen (secondary N) is 2. The molecule has 2 heterocycles. The van der Waals surface area contributed by atoms with Crippen molar-refractivity contribution in [3.63, 3.8) is 0 Å². The van der Waals surface area contributed by atoms with Gasteiger partial charge in [-0.05, 0) is 36.4 Å². The first-order valence-electron chi connectivity index (χ1n) is 9.72. The number of pyridine rings is 1. The lowest BCUT2D eigenvalue weighted by Crippen LogP contribution is -2.18. The first kappa shape index (κ1) is 22.6. The Morgan fingerprint density at radius 2 is 1.71 bits per heavy atom. The normalized spacial score (nSPS) is 11.2. The number of ether oxygens (including phenoxy) is 1. The number of carbonyl (C=O) groups is 2. The van der Waals surface area contributed by atoms with Gasteiger partial charge < -0.3 is 10.1 Å². The molecule has 2 aromatic carbocycles. The smallest absolute Gasteiger partial charge is 0.416 e. The summed E-state index contributed by atoms with van der Waals surface area (Å²) in [5.74, 6) is -0.677. The van der Waals surface area contributed by atoms with Crippen molar-refractivity contribution in [2.45, 2.75) is 6.18 Å². The number of carbonyl (C=O) groups excluding carboxylic acids is 2. The third-order valence-corrected chi connectivity index (χ3v) is 4.53. The lowest BCUT2D eigenvalue weighted by molar-refractivity contribution is -0.137. The summed E-state index contributed by atoms with van der Waals surface area (Å²) in [4.78, 5) is 32.3. The molecule has 0 saturated carbocycles. The average molecular weight is 468 g/mol. The first-order valence-corrected chi connectivity index (χ1v) is 9.72. The number of anilines is 1. The fourth-order valence-electron chi connectivity index (χ4n) is 2.90. The second kappa shape index (κ2) is 9.10. The predicted molar refractivity (Wildman–Crippen MR) is 114 cm³/mol. The largest absolute Gasteiger partial charge is 0.457 e. The van der Waals surface area contributed by atoms with Crippen LogP contribution in [0, 0.1) is 0 Å². The van der Waals surface area contributed by atoms with Crippen LogP contribution in [0.25, 0.3) is 11.0 Å². The van der Waals surface area contributed by atoms with E-state index in [9.17, 15) is 22.8 Å². The molecule has 0 atom stereocenters. The number of benzene rings is 2. The standard InChI is InChI=1S/C22H15F3N6O3/c1-26-20(33)18-11-15(7-8-27-18)34-14-5-6-16-17(10-14)28-21(31-30-16)29-19(32)12-3-2-4-13(9-12)22(23,24)25/h2-11H,1H3,(H,26,33)(H,28,29,31,32). The van der Waals surface area contributed by atoms with E-state index >= 15 is 0 Å². The lowest BCUT2D eigenvalue weighted by atomic mass is 10.1. The molecule has 0 aliphatic heterocycles. The van der Waals surface area contributed by atoms with Gasteiger partial charge >= 0.3 is 6.18 Å². The van der Waals surface area contributed by atoms with Crippen molar-refractivity contribution in [1.82, 2.24) is 25.5 Å². The van der Waals surface area contributed by atoms with Gasteiger partial charge in [-0.3, -0.25) is 19.9 Å². The number of fused-ring (bicyclic) bond motifs is 1. The molecule has 34 heavy (non-hydrogen) atoms. The summed E-state index contributed by atoms with van der Waals surface area (Å²) in [6.07, 6.45) is -3.16. The fourth-order valence-corrected chi connectivity index (χ4v) is 2.90. The molecule has 12 heteroatoms. The van der Waals surface area contributed by atoms with Gasteiger partial charge in [0, 0.05) is 30.9 Å². The van der Waals surface area contributed by atoms with Gasteiger partial charge in [0.15, 0.2) is 0 Å². The number of hydrogen-bond donors (Lipinski definition) is 2. The van der Waals surface area contributed by atoms with Crippen LogP contribution in [-0.4, -0.2) is 39.0 Å². The Morgan fingerprint density at radius 1 is 0.912 bits per heavy atom.